The minimum atomic E-state index is -4.86. The molecule has 8 heteroatoms. The monoisotopic (exact) mass is 459 g/mol. The van der Waals surface area contributed by atoms with E-state index in [9.17, 15) is 22.4 Å². The number of ether oxygens (including phenoxy) is 1. The smallest absolute Gasteiger partial charge is 0.381 e. The molecule has 0 atom stereocenters. The zero-order chi connectivity index (χ0) is 20.4. The first-order valence-corrected chi connectivity index (χ1v) is 9.49. The van der Waals surface area contributed by atoms with Crippen LogP contribution in [0.5, 0.6) is 0 Å². The van der Waals surface area contributed by atoms with Crippen LogP contribution in [0.1, 0.15) is 34.3 Å². The molecular formula is C20H18BrF4NO2. The summed E-state index contributed by atoms with van der Waals surface area (Å²) in [6, 6.07) is 9.99. The van der Waals surface area contributed by atoms with Gasteiger partial charge in [-0.2, -0.15) is 13.2 Å². The Kier molecular flexibility index (Phi) is 6.09. The summed E-state index contributed by atoms with van der Waals surface area (Å²) in [7, 11) is 0. The molecule has 2 aromatic rings. The van der Waals surface area contributed by atoms with Gasteiger partial charge >= 0.3 is 6.18 Å². The molecule has 1 fully saturated rings. The van der Waals surface area contributed by atoms with Crippen molar-refractivity contribution in [2.75, 3.05) is 19.8 Å². The third-order valence-corrected chi connectivity index (χ3v) is 5.56. The third kappa shape index (κ3) is 4.55. The van der Waals surface area contributed by atoms with Gasteiger partial charge in [-0.3, -0.25) is 4.79 Å². The van der Waals surface area contributed by atoms with Gasteiger partial charge in [0.15, 0.2) is 0 Å². The number of amides is 1. The van der Waals surface area contributed by atoms with Crippen molar-refractivity contribution < 1.29 is 27.1 Å². The summed E-state index contributed by atoms with van der Waals surface area (Å²) in [5, 5.41) is 2.72. The van der Waals surface area contributed by atoms with E-state index in [2.05, 4.69) is 21.2 Å². The van der Waals surface area contributed by atoms with Gasteiger partial charge in [0.1, 0.15) is 5.82 Å². The van der Waals surface area contributed by atoms with Gasteiger partial charge in [0.2, 0.25) is 0 Å². The summed E-state index contributed by atoms with van der Waals surface area (Å²) in [6.07, 6.45) is -3.52. The zero-order valence-corrected chi connectivity index (χ0v) is 16.4. The van der Waals surface area contributed by atoms with Gasteiger partial charge in [-0.15, -0.1) is 0 Å². The van der Waals surface area contributed by atoms with Crippen molar-refractivity contribution in [3.05, 3.63) is 69.4 Å². The Hall–Kier alpha value is -1.93. The maximum Gasteiger partial charge on any atom is 0.419 e. The van der Waals surface area contributed by atoms with Crippen molar-refractivity contribution in [3.63, 3.8) is 0 Å². The van der Waals surface area contributed by atoms with Gasteiger partial charge in [0, 0.05) is 35.2 Å². The molecule has 1 saturated heterocycles. The molecule has 2 aromatic carbocycles. The third-order valence-electron chi connectivity index (χ3n) is 5.03. The number of rotatable bonds is 4. The lowest BCUT2D eigenvalue weighted by molar-refractivity contribution is -0.140. The van der Waals surface area contributed by atoms with Crippen LogP contribution in [0.25, 0.3) is 0 Å². The molecule has 1 aliphatic rings. The fraction of sp³-hybridized carbons (Fsp3) is 0.350. The van der Waals surface area contributed by atoms with Crippen LogP contribution in [0, 0.1) is 5.82 Å². The molecule has 28 heavy (non-hydrogen) atoms. The Labute approximate surface area is 168 Å². The van der Waals surface area contributed by atoms with E-state index < -0.39 is 23.5 Å². The van der Waals surface area contributed by atoms with Crippen molar-refractivity contribution in [1.29, 1.82) is 0 Å². The van der Waals surface area contributed by atoms with Crippen molar-refractivity contribution >= 4 is 21.8 Å². The average molecular weight is 460 g/mol. The van der Waals surface area contributed by atoms with Gasteiger partial charge in [0.05, 0.1) is 5.56 Å². The van der Waals surface area contributed by atoms with Crippen LogP contribution in [-0.4, -0.2) is 25.7 Å². The minimum Gasteiger partial charge on any atom is -0.381 e. The Bertz CT molecular complexity index is 846. The molecule has 0 saturated carbocycles. The Morgan fingerprint density at radius 1 is 1.11 bits per heavy atom. The highest BCUT2D eigenvalue weighted by atomic mass is 79.9. The van der Waals surface area contributed by atoms with Crippen LogP contribution in [0.2, 0.25) is 0 Å². The van der Waals surface area contributed by atoms with Gasteiger partial charge < -0.3 is 10.1 Å². The molecule has 1 N–H and O–H groups in total. The van der Waals surface area contributed by atoms with E-state index in [1.807, 2.05) is 24.3 Å². The fourth-order valence-electron chi connectivity index (χ4n) is 3.37. The second kappa shape index (κ2) is 8.21. The van der Waals surface area contributed by atoms with Gasteiger partial charge in [0.25, 0.3) is 5.91 Å². The van der Waals surface area contributed by atoms with Crippen LogP contribution < -0.4 is 5.32 Å². The van der Waals surface area contributed by atoms with Crippen LogP contribution >= 0.6 is 15.9 Å². The number of halogens is 5. The molecule has 1 amide bonds. The number of carbonyl (C=O) groups is 1. The Morgan fingerprint density at radius 3 is 2.36 bits per heavy atom. The molecule has 3 rings (SSSR count). The van der Waals surface area contributed by atoms with E-state index in [1.165, 1.54) is 0 Å². The van der Waals surface area contributed by atoms with Gasteiger partial charge in [-0.05, 0) is 48.7 Å². The number of alkyl halides is 3. The van der Waals surface area contributed by atoms with Crippen LogP contribution in [-0.2, 0) is 16.3 Å². The van der Waals surface area contributed by atoms with Gasteiger partial charge in [-0.25, -0.2) is 4.39 Å². The summed E-state index contributed by atoms with van der Waals surface area (Å²) in [4.78, 5) is 12.5. The maximum absolute atomic E-state index is 13.5. The summed E-state index contributed by atoms with van der Waals surface area (Å²) in [5.74, 6) is -2.08. The van der Waals surface area contributed by atoms with Crippen molar-refractivity contribution in [3.8, 4) is 0 Å². The van der Waals surface area contributed by atoms with Gasteiger partial charge in [-0.1, -0.05) is 28.1 Å². The van der Waals surface area contributed by atoms with E-state index in [0.29, 0.717) is 38.2 Å². The molecule has 0 spiro atoms. The lowest BCUT2D eigenvalue weighted by atomic mass is 9.74. The molecule has 1 heterocycles. The highest BCUT2D eigenvalue weighted by molar-refractivity contribution is 9.10. The largest absolute Gasteiger partial charge is 0.419 e. The molecule has 0 aromatic heterocycles. The lowest BCUT2D eigenvalue weighted by Gasteiger charge is -2.38. The second-order valence-electron chi connectivity index (χ2n) is 6.77. The first kappa shape index (κ1) is 20.8. The number of nitrogens with one attached hydrogen (secondary N) is 1. The van der Waals surface area contributed by atoms with E-state index in [0.717, 1.165) is 16.1 Å². The van der Waals surface area contributed by atoms with E-state index in [1.54, 1.807) is 0 Å². The minimum absolute atomic E-state index is 0.230. The number of hydrogen-bond donors (Lipinski definition) is 1. The van der Waals surface area contributed by atoms with Crippen molar-refractivity contribution in [2.24, 2.45) is 0 Å². The van der Waals surface area contributed by atoms with Crippen molar-refractivity contribution in [2.45, 2.75) is 24.4 Å². The standard InChI is InChI=1S/C20H18BrF4NO2/c21-15-4-2-14(3-5-15)19(7-9-28-10-8-19)12-26-18(27)13-1-6-17(22)16(11-13)20(23,24)25/h1-6,11H,7-10,12H2,(H,26,27). The lowest BCUT2D eigenvalue weighted by Crippen LogP contribution is -2.44. The zero-order valence-electron chi connectivity index (χ0n) is 14.8. The highest BCUT2D eigenvalue weighted by Crippen LogP contribution is 2.35. The van der Waals surface area contributed by atoms with Crippen molar-refractivity contribution in [1.82, 2.24) is 5.32 Å². The van der Waals surface area contributed by atoms with Crippen LogP contribution in [0.4, 0.5) is 17.6 Å². The number of carbonyl (C=O) groups excluding carboxylic acids is 1. The molecule has 0 unspecified atom stereocenters. The van der Waals surface area contributed by atoms with E-state index in [-0.39, 0.29) is 17.5 Å². The topological polar surface area (TPSA) is 38.3 Å². The Morgan fingerprint density at radius 2 is 1.75 bits per heavy atom. The van der Waals surface area contributed by atoms with Crippen LogP contribution in [0.15, 0.2) is 46.9 Å². The molecule has 150 valence electrons. The second-order valence-corrected chi connectivity index (χ2v) is 7.69. The van der Waals surface area contributed by atoms with E-state index >= 15 is 0 Å². The number of benzene rings is 2. The summed E-state index contributed by atoms with van der Waals surface area (Å²) >= 11 is 3.39. The summed E-state index contributed by atoms with van der Waals surface area (Å²) in [5.41, 5.74) is -1.03. The van der Waals surface area contributed by atoms with Crippen LogP contribution in [0.3, 0.4) is 0 Å². The predicted octanol–water partition coefficient (Wildman–Crippen LogP) is 5.09. The molecular weight excluding hydrogens is 442 g/mol. The predicted molar refractivity (Wildman–Crippen MR) is 99.6 cm³/mol. The summed E-state index contributed by atoms with van der Waals surface area (Å²) < 4.78 is 58.5. The maximum atomic E-state index is 13.5. The molecule has 3 nitrogen and oxygen atoms in total. The quantitative estimate of drug-likeness (QED) is 0.647. The molecule has 0 radical (unpaired) electrons. The SMILES string of the molecule is O=C(NCC1(c2ccc(Br)cc2)CCOCC1)c1ccc(F)c(C(F)(F)F)c1. The first-order valence-electron chi connectivity index (χ1n) is 8.70. The average Bonchev–Trinajstić information content (AvgIpc) is 2.67. The molecule has 0 bridgehead atoms. The number of hydrogen-bond acceptors (Lipinski definition) is 2. The van der Waals surface area contributed by atoms with E-state index in [4.69, 9.17) is 4.74 Å². The fourth-order valence-corrected chi connectivity index (χ4v) is 3.63. The Balaban J connectivity index is 1.80. The summed E-state index contributed by atoms with van der Waals surface area (Å²) in [6.45, 7) is 1.30. The first-order chi connectivity index (χ1) is 13.2. The molecule has 0 aliphatic carbocycles. The highest BCUT2D eigenvalue weighted by Gasteiger charge is 2.36. The normalized spacial score (nSPS) is 16.6. The molecule has 1 aliphatic heterocycles.